The highest BCUT2D eigenvalue weighted by atomic mass is 19.3. The number of ether oxygens (including phenoxy) is 2. The van der Waals surface area contributed by atoms with Gasteiger partial charge in [-0.2, -0.15) is 5.10 Å². The van der Waals surface area contributed by atoms with Gasteiger partial charge in [0, 0.05) is 43.9 Å². The molecule has 2 aromatic rings. The minimum absolute atomic E-state index is 0.0212. The first-order chi connectivity index (χ1) is 16.8. The van der Waals surface area contributed by atoms with Crippen LogP contribution in [0.1, 0.15) is 12.1 Å². The summed E-state index contributed by atoms with van der Waals surface area (Å²) >= 11 is 0. The van der Waals surface area contributed by atoms with Gasteiger partial charge in [0.05, 0.1) is 12.8 Å². The molecule has 1 aromatic carbocycles. The Balaban J connectivity index is 1.50. The Bertz CT molecular complexity index is 1100. The molecule has 1 fully saturated rings. The average Bonchev–Trinajstić information content (AvgIpc) is 3.12. The summed E-state index contributed by atoms with van der Waals surface area (Å²) in [4.78, 5) is 32.3. The molecular weight excluding hydrogens is 460 g/mol. The Morgan fingerprint density at radius 3 is 2.74 bits per heavy atom. The second-order valence-electron chi connectivity index (χ2n) is 8.51. The summed E-state index contributed by atoms with van der Waals surface area (Å²) in [6, 6.07) is 11.2. The molecule has 1 saturated heterocycles. The minimum atomic E-state index is -2.73. The third-order valence-corrected chi connectivity index (χ3v) is 6.14. The first-order valence-electron chi connectivity index (χ1n) is 11.2. The number of hydrogen-bond donors (Lipinski definition) is 1. The molecule has 2 atom stereocenters. The van der Waals surface area contributed by atoms with Gasteiger partial charge in [-0.3, -0.25) is 14.6 Å². The maximum absolute atomic E-state index is 13.4. The standard InChI is InChI=1S/C24H27F2N5O4/c1-34-17-6-4-7-18(11-17)35-14-19(27)22(32)30-10-8-20-24(15-30,12-16-5-2-3-9-28-16)23(33)31(29-20)13-21(25)26/h2-7,9,11,19,21H,8,10,12-15,27H2,1H3/t19-,24-/m1/s1. The van der Waals surface area contributed by atoms with E-state index in [-0.39, 0.29) is 32.5 Å². The number of fused-ring (bicyclic) bond motifs is 1. The summed E-state index contributed by atoms with van der Waals surface area (Å²) in [5, 5.41) is 5.04. The molecule has 4 rings (SSSR count). The molecule has 3 heterocycles. The molecule has 0 bridgehead atoms. The van der Waals surface area contributed by atoms with Crippen molar-refractivity contribution in [1.29, 1.82) is 0 Å². The van der Waals surface area contributed by atoms with E-state index in [1.165, 1.54) is 12.0 Å². The number of benzene rings is 1. The molecule has 9 nitrogen and oxygen atoms in total. The van der Waals surface area contributed by atoms with E-state index < -0.39 is 36.2 Å². The number of methoxy groups -OCH3 is 1. The second-order valence-corrected chi connectivity index (χ2v) is 8.51. The number of likely N-dealkylation sites (tertiary alicyclic amines) is 1. The Kier molecular flexibility index (Phi) is 7.25. The van der Waals surface area contributed by atoms with Crippen molar-refractivity contribution in [2.75, 3.05) is 33.4 Å². The first kappa shape index (κ1) is 24.5. The van der Waals surface area contributed by atoms with Gasteiger partial charge in [-0.15, -0.1) is 0 Å². The Morgan fingerprint density at radius 2 is 2.03 bits per heavy atom. The van der Waals surface area contributed by atoms with Gasteiger partial charge in [0.2, 0.25) is 5.91 Å². The van der Waals surface area contributed by atoms with Gasteiger partial charge < -0.3 is 20.1 Å². The van der Waals surface area contributed by atoms with Crippen LogP contribution in [-0.2, 0) is 16.0 Å². The van der Waals surface area contributed by atoms with E-state index in [1.807, 2.05) is 0 Å². The van der Waals surface area contributed by atoms with Crippen molar-refractivity contribution in [2.24, 2.45) is 16.3 Å². The van der Waals surface area contributed by atoms with E-state index in [9.17, 15) is 18.4 Å². The Morgan fingerprint density at radius 1 is 1.23 bits per heavy atom. The number of hydrogen-bond acceptors (Lipinski definition) is 7. The molecule has 0 saturated carbocycles. The van der Waals surface area contributed by atoms with Gasteiger partial charge in [-0.1, -0.05) is 12.1 Å². The maximum atomic E-state index is 13.4. The number of pyridine rings is 1. The number of nitrogens with zero attached hydrogens (tertiary/aromatic N) is 4. The lowest BCUT2D eigenvalue weighted by Crippen LogP contribution is -2.59. The third-order valence-electron chi connectivity index (χ3n) is 6.14. The number of nitrogens with two attached hydrogens (primary N) is 1. The van der Waals surface area contributed by atoms with Crippen LogP contribution in [0.5, 0.6) is 11.5 Å². The number of amides is 2. The summed E-state index contributed by atoms with van der Waals surface area (Å²) in [6.07, 6.45) is -0.718. The van der Waals surface area contributed by atoms with Crippen LogP contribution in [0.25, 0.3) is 0 Å². The van der Waals surface area contributed by atoms with Gasteiger partial charge in [0.25, 0.3) is 12.3 Å². The number of alkyl halides is 2. The molecule has 186 valence electrons. The summed E-state index contributed by atoms with van der Waals surface area (Å²) in [5.41, 5.74) is 5.97. The summed E-state index contributed by atoms with van der Waals surface area (Å²) < 4.78 is 37.0. The first-order valence-corrected chi connectivity index (χ1v) is 11.2. The van der Waals surface area contributed by atoms with Crippen LogP contribution >= 0.6 is 0 Å². The Hall–Kier alpha value is -3.60. The molecule has 1 aromatic heterocycles. The monoisotopic (exact) mass is 487 g/mol. The SMILES string of the molecule is COc1cccc(OC[C@@H](N)C(=O)N2CCC3=NN(CC(F)F)C(=O)[C@]3(Cc3ccccn3)C2)c1. The van der Waals surface area contributed by atoms with E-state index in [4.69, 9.17) is 15.2 Å². The average molecular weight is 488 g/mol. The van der Waals surface area contributed by atoms with Gasteiger partial charge in [0.15, 0.2) is 0 Å². The highest BCUT2D eigenvalue weighted by molar-refractivity contribution is 6.13. The highest BCUT2D eigenvalue weighted by Crippen LogP contribution is 2.38. The van der Waals surface area contributed by atoms with E-state index >= 15 is 0 Å². The summed E-state index contributed by atoms with van der Waals surface area (Å²) in [6.45, 7) is -0.632. The molecule has 2 N–H and O–H groups in total. The zero-order chi connectivity index (χ0) is 25.0. The number of hydrazone groups is 1. The lowest BCUT2D eigenvalue weighted by atomic mass is 9.74. The smallest absolute Gasteiger partial charge is 0.258 e. The molecule has 2 aliphatic heterocycles. The molecule has 0 radical (unpaired) electrons. The lowest BCUT2D eigenvalue weighted by Gasteiger charge is -2.40. The van der Waals surface area contributed by atoms with Crippen molar-refractivity contribution in [2.45, 2.75) is 25.3 Å². The third kappa shape index (κ3) is 5.24. The molecule has 0 aliphatic carbocycles. The van der Waals surface area contributed by atoms with Crippen LogP contribution in [0.4, 0.5) is 8.78 Å². The predicted molar refractivity (Wildman–Crippen MR) is 123 cm³/mol. The molecule has 0 unspecified atom stereocenters. The number of carbonyl (C=O) groups excluding carboxylic acids is 2. The zero-order valence-corrected chi connectivity index (χ0v) is 19.3. The van der Waals surface area contributed by atoms with E-state index in [0.29, 0.717) is 22.9 Å². The quantitative estimate of drug-likeness (QED) is 0.577. The van der Waals surface area contributed by atoms with E-state index in [0.717, 1.165) is 5.01 Å². The number of halogens is 2. The van der Waals surface area contributed by atoms with E-state index in [2.05, 4.69) is 10.1 Å². The van der Waals surface area contributed by atoms with Crippen LogP contribution in [0.3, 0.4) is 0 Å². The van der Waals surface area contributed by atoms with Crippen molar-refractivity contribution in [3.63, 3.8) is 0 Å². The summed E-state index contributed by atoms with van der Waals surface area (Å²) in [7, 11) is 1.54. The number of rotatable bonds is 9. The molecular formula is C24H27F2N5O4. The van der Waals surface area contributed by atoms with Crippen LogP contribution in [0.15, 0.2) is 53.8 Å². The highest BCUT2D eigenvalue weighted by Gasteiger charge is 2.55. The molecule has 2 amide bonds. The number of piperidine rings is 1. The van der Waals surface area contributed by atoms with Gasteiger partial charge in [-0.25, -0.2) is 13.8 Å². The van der Waals surface area contributed by atoms with E-state index in [1.54, 1.807) is 48.7 Å². The molecule has 11 heteroatoms. The van der Waals surface area contributed by atoms with Gasteiger partial charge >= 0.3 is 0 Å². The molecule has 2 aliphatic rings. The van der Waals surface area contributed by atoms with Crippen LogP contribution in [0.2, 0.25) is 0 Å². The van der Waals surface area contributed by atoms with Crippen LogP contribution in [-0.4, -0.2) is 78.2 Å². The lowest BCUT2D eigenvalue weighted by molar-refractivity contribution is -0.142. The van der Waals surface area contributed by atoms with Gasteiger partial charge in [0.1, 0.15) is 36.1 Å². The topological polar surface area (TPSA) is 110 Å². The number of aromatic nitrogens is 1. The van der Waals surface area contributed by atoms with Crippen LogP contribution < -0.4 is 15.2 Å². The van der Waals surface area contributed by atoms with Crippen molar-refractivity contribution in [3.8, 4) is 11.5 Å². The summed E-state index contributed by atoms with van der Waals surface area (Å²) in [5.74, 6) is 0.153. The fraction of sp³-hybridized carbons (Fsp3) is 0.417. The largest absolute Gasteiger partial charge is 0.497 e. The van der Waals surface area contributed by atoms with Crippen molar-refractivity contribution >= 4 is 17.5 Å². The predicted octanol–water partition coefficient (Wildman–Crippen LogP) is 1.72. The maximum Gasteiger partial charge on any atom is 0.258 e. The normalized spacial score (nSPS) is 20.5. The second kappa shape index (κ2) is 10.3. The van der Waals surface area contributed by atoms with Crippen molar-refractivity contribution in [1.82, 2.24) is 14.9 Å². The van der Waals surface area contributed by atoms with Gasteiger partial charge in [-0.05, 0) is 24.3 Å². The van der Waals surface area contributed by atoms with Crippen molar-refractivity contribution < 1.29 is 27.8 Å². The molecule has 0 spiro atoms. The Labute approximate surface area is 201 Å². The molecule has 35 heavy (non-hydrogen) atoms. The number of carbonyl (C=O) groups is 2. The van der Waals surface area contributed by atoms with Crippen LogP contribution in [0, 0.1) is 5.41 Å². The van der Waals surface area contributed by atoms with Crippen molar-refractivity contribution in [3.05, 3.63) is 54.4 Å². The zero-order valence-electron chi connectivity index (χ0n) is 19.3. The fourth-order valence-corrected chi connectivity index (χ4v) is 4.42. The fourth-order valence-electron chi connectivity index (χ4n) is 4.42. The minimum Gasteiger partial charge on any atom is -0.497 e.